The number of ether oxygens (including phenoxy) is 2. The van der Waals surface area contributed by atoms with Crippen LogP contribution in [0, 0.1) is 0 Å². The van der Waals surface area contributed by atoms with Gasteiger partial charge in [0.1, 0.15) is 18.5 Å². The van der Waals surface area contributed by atoms with Crippen LogP contribution in [-0.2, 0) is 9.47 Å². The second kappa shape index (κ2) is 3.98. The van der Waals surface area contributed by atoms with Crippen molar-refractivity contribution in [1.29, 1.82) is 0 Å². The molecule has 60 valence electrons. The number of allylic oxidation sites excluding steroid dienone is 3. The average molecular weight is 152 g/mol. The zero-order valence-corrected chi connectivity index (χ0v) is 6.45. The fourth-order valence-corrected chi connectivity index (χ4v) is 0.588. The summed E-state index contributed by atoms with van der Waals surface area (Å²) in [6.45, 7) is 8.64. The molecule has 1 saturated heterocycles. The van der Waals surface area contributed by atoms with Crippen LogP contribution in [0.15, 0.2) is 37.1 Å². The highest BCUT2D eigenvalue weighted by molar-refractivity contribution is 5.12. The van der Waals surface area contributed by atoms with Gasteiger partial charge in [-0.25, -0.2) is 0 Å². The number of rotatable bonds is 5. The summed E-state index contributed by atoms with van der Waals surface area (Å²) >= 11 is 0. The summed E-state index contributed by atoms with van der Waals surface area (Å²) in [5, 5.41) is 0. The predicted octanol–water partition coefficient (Wildman–Crippen LogP) is 1.66. The van der Waals surface area contributed by atoms with E-state index in [4.69, 9.17) is 9.47 Å². The van der Waals surface area contributed by atoms with Crippen molar-refractivity contribution in [3.8, 4) is 0 Å². The van der Waals surface area contributed by atoms with Gasteiger partial charge in [0.25, 0.3) is 0 Å². The van der Waals surface area contributed by atoms with Gasteiger partial charge in [-0.1, -0.05) is 25.3 Å². The van der Waals surface area contributed by atoms with E-state index in [-0.39, 0.29) is 0 Å². The Hall–Kier alpha value is -1.02. The molecule has 1 aliphatic rings. The van der Waals surface area contributed by atoms with Crippen LogP contribution in [-0.4, -0.2) is 19.3 Å². The van der Waals surface area contributed by atoms with Crippen LogP contribution in [0.1, 0.15) is 0 Å². The van der Waals surface area contributed by atoms with Crippen molar-refractivity contribution in [2.24, 2.45) is 0 Å². The maximum Gasteiger partial charge on any atom is 0.117 e. The first-order valence-electron chi connectivity index (χ1n) is 3.55. The molecule has 0 amide bonds. The van der Waals surface area contributed by atoms with Crippen LogP contribution in [0.2, 0.25) is 0 Å². The lowest BCUT2D eigenvalue weighted by Crippen LogP contribution is -1.98. The van der Waals surface area contributed by atoms with Crippen molar-refractivity contribution < 1.29 is 9.47 Å². The van der Waals surface area contributed by atoms with Crippen LogP contribution in [0.5, 0.6) is 0 Å². The smallest absolute Gasteiger partial charge is 0.117 e. The highest BCUT2D eigenvalue weighted by Gasteiger charge is 2.22. The van der Waals surface area contributed by atoms with Crippen LogP contribution < -0.4 is 0 Å². The summed E-state index contributed by atoms with van der Waals surface area (Å²) in [6, 6.07) is 0. The van der Waals surface area contributed by atoms with Crippen molar-refractivity contribution in [3.05, 3.63) is 37.1 Å². The van der Waals surface area contributed by atoms with E-state index in [0.717, 1.165) is 6.61 Å². The maximum atomic E-state index is 5.21. The van der Waals surface area contributed by atoms with Gasteiger partial charge >= 0.3 is 0 Å². The molecule has 1 rings (SSSR count). The second-order valence-corrected chi connectivity index (χ2v) is 2.33. The highest BCUT2D eigenvalue weighted by Crippen LogP contribution is 2.10. The summed E-state index contributed by atoms with van der Waals surface area (Å²) in [7, 11) is 0. The zero-order chi connectivity index (χ0) is 8.10. The molecule has 0 bridgehead atoms. The van der Waals surface area contributed by atoms with Gasteiger partial charge in [-0.05, 0) is 6.08 Å². The molecule has 0 saturated carbocycles. The van der Waals surface area contributed by atoms with E-state index in [1.807, 2.05) is 0 Å². The van der Waals surface area contributed by atoms with Gasteiger partial charge < -0.3 is 9.47 Å². The van der Waals surface area contributed by atoms with E-state index in [1.165, 1.54) is 0 Å². The van der Waals surface area contributed by atoms with E-state index < -0.39 is 0 Å². The van der Waals surface area contributed by atoms with Gasteiger partial charge in [-0.3, -0.25) is 0 Å². The van der Waals surface area contributed by atoms with E-state index in [0.29, 0.717) is 18.5 Å². The lowest BCUT2D eigenvalue weighted by molar-refractivity contribution is 0.194. The molecule has 1 aliphatic heterocycles. The van der Waals surface area contributed by atoms with Crippen molar-refractivity contribution in [2.45, 2.75) is 6.10 Å². The van der Waals surface area contributed by atoms with E-state index in [9.17, 15) is 0 Å². The Morgan fingerprint density at radius 2 is 2.45 bits per heavy atom. The minimum atomic E-state index is 0.295. The molecule has 0 aromatic rings. The Morgan fingerprint density at radius 3 is 3.00 bits per heavy atom. The second-order valence-electron chi connectivity index (χ2n) is 2.33. The predicted molar refractivity (Wildman–Crippen MR) is 44.2 cm³/mol. The summed E-state index contributed by atoms with van der Waals surface area (Å²) in [6.07, 6.45) is 5.54. The van der Waals surface area contributed by atoms with Gasteiger partial charge in [-0.15, -0.1) is 0 Å². The van der Waals surface area contributed by atoms with Crippen molar-refractivity contribution >= 4 is 0 Å². The molecule has 1 fully saturated rings. The quantitative estimate of drug-likeness (QED) is 0.339. The average Bonchev–Trinajstić information content (AvgIpc) is 2.80. The van der Waals surface area contributed by atoms with Gasteiger partial charge in [0, 0.05) is 0 Å². The van der Waals surface area contributed by atoms with Crippen molar-refractivity contribution in [2.75, 3.05) is 13.2 Å². The Bertz CT molecular complexity index is 178. The minimum absolute atomic E-state index is 0.295. The molecule has 2 nitrogen and oxygen atoms in total. The van der Waals surface area contributed by atoms with Crippen LogP contribution in [0.4, 0.5) is 0 Å². The molecule has 1 atom stereocenters. The number of epoxide rings is 1. The minimum Gasteiger partial charge on any atom is -0.491 e. The molecule has 1 unspecified atom stereocenters. The third kappa shape index (κ3) is 3.63. The fraction of sp³-hybridized carbons (Fsp3) is 0.333. The van der Waals surface area contributed by atoms with Gasteiger partial charge in [0.15, 0.2) is 0 Å². The molecule has 0 N–H and O–H groups in total. The first-order valence-corrected chi connectivity index (χ1v) is 3.55. The van der Waals surface area contributed by atoms with Crippen molar-refractivity contribution in [3.63, 3.8) is 0 Å². The lowest BCUT2D eigenvalue weighted by atomic mass is 10.4. The van der Waals surface area contributed by atoms with E-state index in [2.05, 4.69) is 13.2 Å². The molecule has 2 heteroatoms. The Kier molecular flexibility index (Phi) is 2.93. The molecule has 11 heavy (non-hydrogen) atoms. The maximum absolute atomic E-state index is 5.21. The Labute approximate surface area is 66.8 Å². The number of hydrogen-bond acceptors (Lipinski definition) is 2. The molecule has 0 aromatic carbocycles. The normalized spacial score (nSPS) is 21.6. The van der Waals surface area contributed by atoms with Crippen LogP contribution in [0.3, 0.4) is 0 Å². The Morgan fingerprint density at radius 1 is 1.73 bits per heavy atom. The van der Waals surface area contributed by atoms with E-state index in [1.54, 1.807) is 18.2 Å². The molecule has 0 aliphatic carbocycles. The molecule has 0 radical (unpaired) electrons. The third-order valence-corrected chi connectivity index (χ3v) is 1.28. The first-order chi connectivity index (χ1) is 5.33. The van der Waals surface area contributed by atoms with Crippen molar-refractivity contribution in [1.82, 2.24) is 0 Å². The SMILES string of the molecule is C=CC=CC(=C)OCC1CO1. The molecule has 1 heterocycles. The van der Waals surface area contributed by atoms with Gasteiger partial charge in [-0.2, -0.15) is 0 Å². The summed E-state index contributed by atoms with van der Waals surface area (Å²) in [5.74, 6) is 0.653. The standard InChI is InChI=1S/C9H12O2/c1-3-4-5-8(2)10-6-9-7-11-9/h3-5,9H,1-2,6-7H2. The summed E-state index contributed by atoms with van der Waals surface area (Å²) in [5.41, 5.74) is 0. The largest absolute Gasteiger partial charge is 0.491 e. The molecule has 0 spiro atoms. The van der Waals surface area contributed by atoms with E-state index >= 15 is 0 Å². The number of hydrogen-bond donors (Lipinski definition) is 0. The fourth-order valence-electron chi connectivity index (χ4n) is 0.588. The van der Waals surface area contributed by atoms with Crippen LogP contribution in [0.25, 0.3) is 0 Å². The van der Waals surface area contributed by atoms with Crippen LogP contribution >= 0.6 is 0 Å². The zero-order valence-electron chi connectivity index (χ0n) is 6.45. The first kappa shape index (κ1) is 8.08. The topological polar surface area (TPSA) is 21.8 Å². The molecular weight excluding hydrogens is 140 g/mol. The summed E-state index contributed by atoms with van der Waals surface area (Å²) < 4.78 is 10.2. The van der Waals surface area contributed by atoms with Gasteiger partial charge in [0.05, 0.1) is 6.61 Å². The summed E-state index contributed by atoms with van der Waals surface area (Å²) in [4.78, 5) is 0. The highest BCUT2D eigenvalue weighted by atomic mass is 16.6. The third-order valence-electron chi connectivity index (χ3n) is 1.28. The molecular formula is C9H12O2. The van der Waals surface area contributed by atoms with Gasteiger partial charge in [0.2, 0.25) is 0 Å². The Balaban J connectivity index is 2.08. The monoisotopic (exact) mass is 152 g/mol. The lowest BCUT2D eigenvalue weighted by Gasteiger charge is -2.00. The molecule has 0 aromatic heterocycles.